The van der Waals surface area contributed by atoms with Gasteiger partial charge in [0.2, 0.25) is 0 Å². The summed E-state index contributed by atoms with van der Waals surface area (Å²) in [5, 5.41) is 2.78. The van der Waals surface area contributed by atoms with E-state index in [2.05, 4.69) is 26.2 Å². The lowest BCUT2D eigenvalue weighted by Crippen LogP contribution is -2.23. The third-order valence-corrected chi connectivity index (χ3v) is 3.28. The Balaban J connectivity index is 2.36. The molecule has 0 spiro atoms. The molecule has 0 unspecified atom stereocenters. The molecular weight excluding hydrogens is 304 g/mol. The third kappa shape index (κ3) is 3.20. The highest BCUT2D eigenvalue weighted by molar-refractivity contribution is 9.10. The number of benzene rings is 1. The molecular formula is C15H15BrN2O. The first-order valence-corrected chi connectivity index (χ1v) is 6.93. The summed E-state index contributed by atoms with van der Waals surface area (Å²) < 4.78 is 1.01. The molecule has 0 fully saturated rings. The van der Waals surface area contributed by atoms with Crippen molar-refractivity contribution < 1.29 is 4.79 Å². The highest BCUT2D eigenvalue weighted by Crippen LogP contribution is 2.22. The lowest BCUT2D eigenvalue weighted by atomic mass is 10.1. The quantitative estimate of drug-likeness (QED) is 0.940. The fourth-order valence-corrected chi connectivity index (χ4v) is 2.26. The van der Waals surface area contributed by atoms with Gasteiger partial charge < -0.3 is 5.32 Å². The summed E-state index contributed by atoms with van der Waals surface area (Å²) >= 11 is 3.44. The van der Waals surface area contributed by atoms with Crippen molar-refractivity contribution in [2.75, 3.05) is 6.54 Å². The monoisotopic (exact) mass is 318 g/mol. The van der Waals surface area contributed by atoms with Crippen molar-refractivity contribution in [3.63, 3.8) is 0 Å². The van der Waals surface area contributed by atoms with Crippen LogP contribution in [0.1, 0.15) is 23.0 Å². The molecule has 0 aliphatic rings. The van der Waals surface area contributed by atoms with E-state index in [-0.39, 0.29) is 5.91 Å². The molecule has 1 N–H and O–H groups in total. The molecule has 3 nitrogen and oxygen atoms in total. The number of hydrogen-bond acceptors (Lipinski definition) is 2. The van der Waals surface area contributed by atoms with Crippen LogP contribution in [0.3, 0.4) is 0 Å². The Morgan fingerprint density at radius 3 is 2.74 bits per heavy atom. The number of hydrogen-bond donors (Lipinski definition) is 1. The van der Waals surface area contributed by atoms with E-state index in [0.29, 0.717) is 12.1 Å². The number of nitrogens with one attached hydrogen (secondary N) is 1. The van der Waals surface area contributed by atoms with Gasteiger partial charge in [0.25, 0.3) is 5.91 Å². The first kappa shape index (κ1) is 13.7. The minimum Gasteiger partial charge on any atom is -0.352 e. The van der Waals surface area contributed by atoms with Crippen molar-refractivity contribution in [1.29, 1.82) is 0 Å². The van der Waals surface area contributed by atoms with Crippen LogP contribution in [0, 0.1) is 6.92 Å². The van der Waals surface area contributed by atoms with Gasteiger partial charge in [-0.1, -0.05) is 28.1 Å². The average Bonchev–Trinajstić information content (AvgIpc) is 2.38. The Hall–Kier alpha value is -1.68. The topological polar surface area (TPSA) is 42.0 Å². The smallest absolute Gasteiger partial charge is 0.253 e. The number of carbonyl (C=O) groups excluding carboxylic acids is 1. The maximum absolute atomic E-state index is 11.8. The van der Waals surface area contributed by atoms with Crippen LogP contribution in [0.4, 0.5) is 0 Å². The molecule has 4 heteroatoms. The van der Waals surface area contributed by atoms with E-state index in [1.54, 1.807) is 0 Å². The molecule has 0 aliphatic carbocycles. The van der Waals surface area contributed by atoms with E-state index in [9.17, 15) is 4.79 Å². The minimum atomic E-state index is -0.0757. The average molecular weight is 319 g/mol. The Kier molecular flexibility index (Phi) is 4.32. The summed E-state index contributed by atoms with van der Waals surface area (Å²) in [4.78, 5) is 16.3. The molecule has 1 amide bonds. The summed E-state index contributed by atoms with van der Waals surface area (Å²) in [5.74, 6) is -0.0757. The van der Waals surface area contributed by atoms with Crippen LogP contribution >= 0.6 is 15.9 Å². The summed E-state index contributed by atoms with van der Waals surface area (Å²) in [6.45, 7) is 4.37. The van der Waals surface area contributed by atoms with Gasteiger partial charge in [-0.3, -0.25) is 9.78 Å². The number of nitrogens with zero attached hydrogens (tertiary/aromatic N) is 1. The molecule has 0 radical (unpaired) electrons. The van der Waals surface area contributed by atoms with Crippen molar-refractivity contribution in [2.45, 2.75) is 13.8 Å². The molecule has 1 aromatic heterocycles. The third-order valence-electron chi connectivity index (χ3n) is 2.79. The first-order valence-electron chi connectivity index (χ1n) is 6.13. The van der Waals surface area contributed by atoms with Gasteiger partial charge in [-0.15, -0.1) is 0 Å². The summed E-state index contributed by atoms with van der Waals surface area (Å²) in [5.41, 5.74) is 3.26. The van der Waals surface area contributed by atoms with Crippen molar-refractivity contribution in [1.82, 2.24) is 10.3 Å². The van der Waals surface area contributed by atoms with E-state index in [1.165, 1.54) is 0 Å². The number of carbonyl (C=O) groups is 1. The zero-order valence-electron chi connectivity index (χ0n) is 10.9. The second-order valence-electron chi connectivity index (χ2n) is 4.20. The van der Waals surface area contributed by atoms with E-state index >= 15 is 0 Å². The Labute approximate surface area is 121 Å². The van der Waals surface area contributed by atoms with E-state index in [4.69, 9.17) is 0 Å². The zero-order valence-corrected chi connectivity index (χ0v) is 12.5. The second kappa shape index (κ2) is 5.97. The van der Waals surface area contributed by atoms with Crippen LogP contribution in [0.15, 0.2) is 40.9 Å². The van der Waals surface area contributed by atoms with Crippen LogP contribution in [-0.2, 0) is 0 Å². The molecule has 2 aromatic rings. The Bertz CT molecular complexity index is 611. The van der Waals surface area contributed by atoms with Crippen LogP contribution in [-0.4, -0.2) is 17.4 Å². The largest absolute Gasteiger partial charge is 0.352 e. The molecule has 19 heavy (non-hydrogen) atoms. The van der Waals surface area contributed by atoms with Crippen LogP contribution < -0.4 is 5.32 Å². The Morgan fingerprint density at radius 2 is 2.11 bits per heavy atom. The van der Waals surface area contributed by atoms with Crippen LogP contribution in [0.5, 0.6) is 0 Å². The normalized spacial score (nSPS) is 10.3. The molecule has 0 atom stereocenters. The standard InChI is InChI=1S/C15H15BrN2O/c1-3-17-15(19)13-7-8-14(18-10(13)2)11-5-4-6-12(16)9-11/h4-9H,3H2,1-2H3,(H,17,19). The van der Waals surface area contributed by atoms with Crippen molar-refractivity contribution in [3.05, 3.63) is 52.1 Å². The lowest BCUT2D eigenvalue weighted by molar-refractivity contribution is 0.0955. The van der Waals surface area contributed by atoms with Crippen molar-refractivity contribution in [2.24, 2.45) is 0 Å². The fraction of sp³-hybridized carbons (Fsp3) is 0.200. The van der Waals surface area contributed by atoms with Crippen LogP contribution in [0.25, 0.3) is 11.3 Å². The molecule has 1 heterocycles. The summed E-state index contributed by atoms with van der Waals surface area (Å²) in [6, 6.07) is 11.6. The van der Waals surface area contributed by atoms with Gasteiger partial charge in [-0.05, 0) is 38.1 Å². The Morgan fingerprint density at radius 1 is 1.32 bits per heavy atom. The van der Waals surface area contributed by atoms with E-state index in [0.717, 1.165) is 21.4 Å². The fourth-order valence-electron chi connectivity index (χ4n) is 1.87. The number of aryl methyl sites for hydroxylation is 1. The van der Waals surface area contributed by atoms with Crippen LogP contribution in [0.2, 0.25) is 0 Å². The highest BCUT2D eigenvalue weighted by Gasteiger charge is 2.10. The lowest BCUT2D eigenvalue weighted by Gasteiger charge is -2.08. The van der Waals surface area contributed by atoms with Gasteiger partial charge in [0.1, 0.15) is 0 Å². The van der Waals surface area contributed by atoms with E-state index < -0.39 is 0 Å². The second-order valence-corrected chi connectivity index (χ2v) is 5.11. The molecule has 1 aromatic carbocycles. The summed E-state index contributed by atoms with van der Waals surface area (Å²) in [6.07, 6.45) is 0. The number of pyridine rings is 1. The zero-order chi connectivity index (χ0) is 13.8. The van der Waals surface area contributed by atoms with Crippen molar-refractivity contribution >= 4 is 21.8 Å². The van der Waals surface area contributed by atoms with Gasteiger partial charge in [0.05, 0.1) is 17.0 Å². The molecule has 0 saturated carbocycles. The molecule has 2 rings (SSSR count). The number of amides is 1. The van der Waals surface area contributed by atoms with Gasteiger partial charge in [0, 0.05) is 16.6 Å². The maximum Gasteiger partial charge on any atom is 0.253 e. The molecule has 98 valence electrons. The summed E-state index contributed by atoms with van der Waals surface area (Å²) in [7, 11) is 0. The molecule has 0 saturated heterocycles. The SMILES string of the molecule is CCNC(=O)c1ccc(-c2cccc(Br)c2)nc1C. The predicted molar refractivity (Wildman–Crippen MR) is 80.1 cm³/mol. The molecule has 0 bridgehead atoms. The van der Waals surface area contributed by atoms with Gasteiger partial charge >= 0.3 is 0 Å². The predicted octanol–water partition coefficient (Wildman–Crippen LogP) is 3.57. The maximum atomic E-state index is 11.8. The van der Waals surface area contributed by atoms with Gasteiger partial charge in [-0.25, -0.2) is 0 Å². The highest BCUT2D eigenvalue weighted by atomic mass is 79.9. The van der Waals surface area contributed by atoms with Crippen molar-refractivity contribution in [3.8, 4) is 11.3 Å². The number of halogens is 1. The minimum absolute atomic E-state index is 0.0757. The van der Waals surface area contributed by atoms with Gasteiger partial charge in [-0.2, -0.15) is 0 Å². The number of rotatable bonds is 3. The molecule has 0 aliphatic heterocycles. The van der Waals surface area contributed by atoms with E-state index in [1.807, 2.05) is 50.2 Å². The first-order chi connectivity index (χ1) is 9.11. The number of aromatic nitrogens is 1. The van der Waals surface area contributed by atoms with Gasteiger partial charge in [0.15, 0.2) is 0 Å².